The number of halogens is 1. The molecule has 21 heavy (non-hydrogen) atoms. The number of anilines is 1. The predicted molar refractivity (Wildman–Crippen MR) is 80.5 cm³/mol. The Morgan fingerprint density at radius 1 is 1.29 bits per heavy atom. The number of amides is 1. The number of nitrogens with zero attached hydrogens (tertiary/aromatic N) is 2. The van der Waals surface area contributed by atoms with Gasteiger partial charge in [0.25, 0.3) is 0 Å². The maximum absolute atomic E-state index is 13.7. The quantitative estimate of drug-likeness (QED) is 0.911. The Kier molecular flexibility index (Phi) is 4.06. The van der Waals surface area contributed by atoms with Gasteiger partial charge in [-0.05, 0) is 39.8 Å². The molecule has 1 heterocycles. The summed E-state index contributed by atoms with van der Waals surface area (Å²) in [5.41, 5.74) is -0.0780. The lowest BCUT2D eigenvalue weighted by Gasteiger charge is -2.24. The molecule has 6 heteroatoms. The lowest BCUT2D eigenvalue weighted by Crippen LogP contribution is -2.47. The molecule has 0 aliphatic heterocycles. The molecule has 1 aromatic heterocycles. The standard InChI is InChI=1S/C15H19FN4O/c1-9(14(21)20-15(2,3)4)19-13-10-6-5-7-11(16)12(10)17-8-18-13/h5-9H,1-4H3,(H,20,21)(H,17,18,19). The third kappa shape index (κ3) is 3.65. The molecule has 5 nitrogen and oxygen atoms in total. The zero-order valence-electron chi connectivity index (χ0n) is 12.6. The van der Waals surface area contributed by atoms with Crippen molar-refractivity contribution in [1.29, 1.82) is 0 Å². The van der Waals surface area contributed by atoms with Gasteiger partial charge in [-0.3, -0.25) is 4.79 Å². The van der Waals surface area contributed by atoms with E-state index in [9.17, 15) is 9.18 Å². The van der Waals surface area contributed by atoms with Crippen molar-refractivity contribution in [3.8, 4) is 0 Å². The minimum atomic E-state index is -0.495. The van der Waals surface area contributed by atoms with Gasteiger partial charge in [0.15, 0.2) is 0 Å². The molecule has 0 bridgehead atoms. The Balaban J connectivity index is 2.24. The van der Waals surface area contributed by atoms with E-state index in [0.717, 1.165) is 0 Å². The van der Waals surface area contributed by atoms with Crippen LogP contribution < -0.4 is 10.6 Å². The summed E-state index contributed by atoms with van der Waals surface area (Å²) in [4.78, 5) is 20.1. The summed E-state index contributed by atoms with van der Waals surface area (Å²) < 4.78 is 13.7. The van der Waals surface area contributed by atoms with Crippen LogP contribution in [0.3, 0.4) is 0 Å². The zero-order chi connectivity index (χ0) is 15.6. The molecule has 2 rings (SSSR count). The number of rotatable bonds is 3. The number of benzene rings is 1. The Morgan fingerprint density at radius 2 is 2.00 bits per heavy atom. The molecule has 0 fully saturated rings. The Bertz CT molecular complexity index is 666. The fourth-order valence-corrected chi connectivity index (χ4v) is 1.92. The van der Waals surface area contributed by atoms with Gasteiger partial charge in [0.2, 0.25) is 5.91 Å². The molecule has 0 saturated carbocycles. The summed E-state index contributed by atoms with van der Waals surface area (Å²) in [7, 11) is 0. The second-order valence-corrected chi connectivity index (χ2v) is 5.96. The van der Waals surface area contributed by atoms with Crippen LogP contribution in [0.4, 0.5) is 10.2 Å². The maximum Gasteiger partial charge on any atom is 0.242 e. The van der Waals surface area contributed by atoms with E-state index >= 15 is 0 Å². The fourth-order valence-electron chi connectivity index (χ4n) is 1.92. The summed E-state index contributed by atoms with van der Waals surface area (Å²) in [5, 5.41) is 6.43. The van der Waals surface area contributed by atoms with E-state index in [0.29, 0.717) is 11.2 Å². The number of fused-ring (bicyclic) bond motifs is 1. The fraction of sp³-hybridized carbons (Fsp3) is 0.400. The molecule has 112 valence electrons. The minimum Gasteiger partial charge on any atom is -0.358 e. The lowest BCUT2D eigenvalue weighted by molar-refractivity contribution is -0.122. The minimum absolute atomic E-state index is 0.148. The van der Waals surface area contributed by atoms with Crippen molar-refractivity contribution in [2.75, 3.05) is 5.32 Å². The summed E-state index contributed by atoms with van der Waals surface area (Å²) in [6, 6.07) is 4.15. The topological polar surface area (TPSA) is 66.9 Å². The summed E-state index contributed by atoms with van der Waals surface area (Å²) >= 11 is 0. The average molecular weight is 290 g/mol. The molecule has 1 aromatic carbocycles. The van der Waals surface area contributed by atoms with Gasteiger partial charge in [-0.2, -0.15) is 0 Å². The van der Waals surface area contributed by atoms with E-state index in [2.05, 4.69) is 20.6 Å². The van der Waals surface area contributed by atoms with E-state index in [-0.39, 0.29) is 17.0 Å². The van der Waals surface area contributed by atoms with Crippen molar-refractivity contribution in [3.63, 3.8) is 0 Å². The number of carbonyl (C=O) groups excluding carboxylic acids is 1. The van der Waals surface area contributed by atoms with Crippen molar-refractivity contribution < 1.29 is 9.18 Å². The number of aromatic nitrogens is 2. The SMILES string of the molecule is CC(Nc1ncnc2c(F)cccc12)C(=O)NC(C)(C)C. The molecule has 0 spiro atoms. The molecule has 0 aliphatic carbocycles. The van der Waals surface area contributed by atoms with Crippen molar-refractivity contribution in [1.82, 2.24) is 15.3 Å². The second kappa shape index (κ2) is 5.63. The molecular weight excluding hydrogens is 271 g/mol. The molecule has 1 atom stereocenters. The predicted octanol–water partition coefficient (Wildman–Crippen LogP) is 2.48. The smallest absolute Gasteiger partial charge is 0.242 e. The maximum atomic E-state index is 13.7. The highest BCUT2D eigenvalue weighted by molar-refractivity contribution is 5.92. The van der Waals surface area contributed by atoms with Gasteiger partial charge in [0.05, 0.1) is 0 Å². The summed E-state index contributed by atoms with van der Waals surface area (Å²) in [6.07, 6.45) is 1.28. The van der Waals surface area contributed by atoms with Crippen LogP contribution in [-0.2, 0) is 4.79 Å². The summed E-state index contributed by atoms with van der Waals surface area (Å²) in [6.45, 7) is 7.46. The van der Waals surface area contributed by atoms with E-state index in [1.807, 2.05) is 20.8 Å². The van der Waals surface area contributed by atoms with Crippen LogP contribution >= 0.6 is 0 Å². The number of carbonyl (C=O) groups is 1. The first-order valence-corrected chi connectivity index (χ1v) is 6.76. The van der Waals surface area contributed by atoms with Crippen LogP contribution in [0.2, 0.25) is 0 Å². The molecule has 2 N–H and O–H groups in total. The molecule has 0 radical (unpaired) electrons. The number of hydrogen-bond acceptors (Lipinski definition) is 4. The largest absolute Gasteiger partial charge is 0.358 e. The molecule has 1 unspecified atom stereocenters. The van der Waals surface area contributed by atoms with E-state index in [1.165, 1.54) is 12.4 Å². The third-order valence-electron chi connectivity index (χ3n) is 2.86. The van der Waals surface area contributed by atoms with Crippen molar-refractivity contribution in [2.24, 2.45) is 0 Å². The van der Waals surface area contributed by atoms with E-state index < -0.39 is 11.9 Å². The zero-order valence-corrected chi connectivity index (χ0v) is 12.6. The van der Waals surface area contributed by atoms with Crippen molar-refractivity contribution in [2.45, 2.75) is 39.3 Å². The highest BCUT2D eigenvalue weighted by Crippen LogP contribution is 2.21. The highest BCUT2D eigenvalue weighted by Gasteiger charge is 2.20. The molecule has 0 saturated heterocycles. The average Bonchev–Trinajstić information content (AvgIpc) is 2.38. The lowest BCUT2D eigenvalue weighted by atomic mass is 10.1. The van der Waals surface area contributed by atoms with Gasteiger partial charge in [-0.25, -0.2) is 14.4 Å². The van der Waals surface area contributed by atoms with Gasteiger partial charge in [0, 0.05) is 10.9 Å². The number of hydrogen-bond donors (Lipinski definition) is 2. The molecule has 1 amide bonds. The molecular formula is C15H19FN4O. The van der Waals surface area contributed by atoms with E-state index in [1.54, 1.807) is 19.1 Å². The van der Waals surface area contributed by atoms with Gasteiger partial charge >= 0.3 is 0 Å². The van der Waals surface area contributed by atoms with Crippen LogP contribution in [-0.4, -0.2) is 27.5 Å². The highest BCUT2D eigenvalue weighted by atomic mass is 19.1. The first kappa shape index (κ1) is 15.2. The normalized spacial score (nSPS) is 13.0. The van der Waals surface area contributed by atoms with Crippen LogP contribution in [0.1, 0.15) is 27.7 Å². The number of para-hydroxylation sites is 1. The van der Waals surface area contributed by atoms with Crippen LogP contribution in [0.25, 0.3) is 10.9 Å². The molecule has 0 aliphatic rings. The number of nitrogens with one attached hydrogen (secondary N) is 2. The molecule has 2 aromatic rings. The van der Waals surface area contributed by atoms with Gasteiger partial charge < -0.3 is 10.6 Å². The third-order valence-corrected chi connectivity index (χ3v) is 2.86. The van der Waals surface area contributed by atoms with Gasteiger partial charge in [0.1, 0.15) is 29.5 Å². The second-order valence-electron chi connectivity index (χ2n) is 5.96. The van der Waals surface area contributed by atoms with Crippen molar-refractivity contribution in [3.05, 3.63) is 30.3 Å². The van der Waals surface area contributed by atoms with Crippen LogP contribution in [0.5, 0.6) is 0 Å². The first-order chi connectivity index (χ1) is 9.78. The van der Waals surface area contributed by atoms with Crippen LogP contribution in [0, 0.1) is 5.82 Å². The van der Waals surface area contributed by atoms with Gasteiger partial charge in [-0.15, -0.1) is 0 Å². The monoisotopic (exact) mass is 290 g/mol. The van der Waals surface area contributed by atoms with Gasteiger partial charge in [-0.1, -0.05) is 6.07 Å². The Hall–Kier alpha value is -2.24. The summed E-state index contributed by atoms with van der Waals surface area (Å²) in [5.74, 6) is -0.119. The first-order valence-electron chi connectivity index (χ1n) is 6.76. The Morgan fingerprint density at radius 3 is 2.67 bits per heavy atom. The van der Waals surface area contributed by atoms with E-state index in [4.69, 9.17) is 0 Å². The Labute approximate surface area is 123 Å². The van der Waals surface area contributed by atoms with Crippen LogP contribution in [0.15, 0.2) is 24.5 Å². The van der Waals surface area contributed by atoms with Crippen molar-refractivity contribution >= 4 is 22.6 Å².